The first-order valence-corrected chi connectivity index (χ1v) is 7.18. The van der Waals surface area contributed by atoms with Gasteiger partial charge in [-0.3, -0.25) is 4.79 Å². The highest BCUT2D eigenvalue weighted by Gasteiger charge is 2.17. The second kappa shape index (κ2) is 6.82. The highest BCUT2D eigenvalue weighted by Crippen LogP contribution is 2.14. The molecule has 0 aromatic carbocycles. The van der Waals surface area contributed by atoms with Crippen LogP contribution in [-0.2, 0) is 14.6 Å². The number of sulfone groups is 1. The zero-order valence-electron chi connectivity index (χ0n) is 9.40. The van der Waals surface area contributed by atoms with Crippen LogP contribution < -0.4 is 0 Å². The van der Waals surface area contributed by atoms with Crippen molar-refractivity contribution in [2.75, 3.05) is 11.5 Å². The SMILES string of the molecule is CCCC(CCCS(=O)(=O)CC)C(=O)O. The van der Waals surface area contributed by atoms with Gasteiger partial charge >= 0.3 is 5.97 Å². The zero-order chi connectivity index (χ0) is 11.9. The third-order valence-electron chi connectivity index (χ3n) is 2.43. The Morgan fingerprint density at radius 3 is 2.27 bits per heavy atom. The minimum Gasteiger partial charge on any atom is -0.481 e. The average molecular weight is 236 g/mol. The van der Waals surface area contributed by atoms with Crippen LogP contribution in [0.25, 0.3) is 0 Å². The topological polar surface area (TPSA) is 71.4 Å². The van der Waals surface area contributed by atoms with Crippen molar-refractivity contribution in [3.63, 3.8) is 0 Å². The summed E-state index contributed by atoms with van der Waals surface area (Å²) in [5.41, 5.74) is 0. The van der Waals surface area contributed by atoms with Crippen LogP contribution in [0.15, 0.2) is 0 Å². The number of aliphatic carboxylic acids is 1. The van der Waals surface area contributed by atoms with Crippen molar-refractivity contribution in [2.45, 2.75) is 39.5 Å². The average Bonchev–Trinajstić information content (AvgIpc) is 2.16. The first kappa shape index (κ1) is 14.4. The molecule has 90 valence electrons. The molecule has 0 aliphatic heterocycles. The van der Waals surface area contributed by atoms with E-state index in [9.17, 15) is 13.2 Å². The summed E-state index contributed by atoms with van der Waals surface area (Å²) < 4.78 is 22.3. The highest BCUT2D eigenvalue weighted by molar-refractivity contribution is 7.91. The summed E-state index contributed by atoms with van der Waals surface area (Å²) in [7, 11) is -2.95. The predicted octanol–water partition coefficient (Wildman–Crippen LogP) is 1.70. The Balaban J connectivity index is 3.96. The van der Waals surface area contributed by atoms with Gasteiger partial charge in [-0.15, -0.1) is 0 Å². The quantitative estimate of drug-likeness (QED) is 0.696. The van der Waals surface area contributed by atoms with Gasteiger partial charge in [0.2, 0.25) is 0 Å². The first-order valence-electron chi connectivity index (χ1n) is 5.36. The summed E-state index contributed by atoms with van der Waals surface area (Å²) in [5, 5.41) is 8.84. The largest absolute Gasteiger partial charge is 0.481 e. The molecule has 15 heavy (non-hydrogen) atoms. The van der Waals surface area contributed by atoms with Crippen LogP contribution >= 0.6 is 0 Å². The fourth-order valence-electron chi connectivity index (χ4n) is 1.43. The molecule has 4 nitrogen and oxygen atoms in total. The maximum Gasteiger partial charge on any atom is 0.306 e. The van der Waals surface area contributed by atoms with Crippen LogP contribution in [-0.4, -0.2) is 31.0 Å². The maximum absolute atomic E-state index is 11.2. The lowest BCUT2D eigenvalue weighted by Crippen LogP contribution is -2.16. The van der Waals surface area contributed by atoms with E-state index < -0.39 is 15.8 Å². The van der Waals surface area contributed by atoms with Gasteiger partial charge in [0.25, 0.3) is 0 Å². The molecule has 1 unspecified atom stereocenters. The molecule has 0 saturated heterocycles. The fraction of sp³-hybridized carbons (Fsp3) is 0.900. The molecule has 5 heteroatoms. The molecule has 0 bridgehead atoms. The Kier molecular flexibility index (Phi) is 6.56. The van der Waals surface area contributed by atoms with E-state index in [1.807, 2.05) is 6.92 Å². The van der Waals surface area contributed by atoms with Crippen molar-refractivity contribution in [3.05, 3.63) is 0 Å². The van der Waals surface area contributed by atoms with Crippen LogP contribution in [0, 0.1) is 5.92 Å². The molecular formula is C10H20O4S. The van der Waals surface area contributed by atoms with E-state index in [1.54, 1.807) is 6.92 Å². The molecule has 0 aromatic rings. The third-order valence-corrected chi connectivity index (χ3v) is 4.22. The van der Waals surface area contributed by atoms with Crippen molar-refractivity contribution >= 4 is 15.8 Å². The van der Waals surface area contributed by atoms with E-state index in [4.69, 9.17) is 5.11 Å². The second-order valence-electron chi connectivity index (χ2n) is 3.70. The van der Waals surface area contributed by atoms with Gasteiger partial charge in [0, 0.05) is 5.75 Å². The van der Waals surface area contributed by atoms with Crippen LogP contribution in [0.4, 0.5) is 0 Å². The highest BCUT2D eigenvalue weighted by atomic mass is 32.2. The Morgan fingerprint density at radius 1 is 1.27 bits per heavy atom. The van der Waals surface area contributed by atoms with E-state index >= 15 is 0 Å². The lowest BCUT2D eigenvalue weighted by Gasteiger charge is -2.10. The number of hydrogen-bond donors (Lipinski definition) is 1. The van der Waals surface area contributed by atoms with E-state index in [-0.39, 0.29) is 17.4 Å². The number of carboxylic acids is 1. The van der Waals surface area contributed by atoms with Gasteiger partial charge < -0.3 is 5.11 Å². The monoisotopic (exact) mass is 236 g/mol. The molecule has 0 radical (unpaired) electrons. The van der Waals surface area contributed by atoms with Crippen LogP contribution in [0.2, 0.25) is 0 Å². The maximum atomic E-state index is 11.2. The van der Waals surface area contributed by atoms with Gasteiger partial charge in [-0.1, -0.05) is 20.3 Å². The number of hydrogen-bond acceptors (Lipinski definition) is 3. The normalized spacial score (nSPS) is 13.7. The molecule has 1 N–H and O–H groups in total. The van der Waals surface area contributed by atoms with Gasteiger partial charge in [0.1, 0.15) is 9.84 Å². The van der Waals surface area contributed by atoms with Crippen molar-refractivity contribution < 1.29 is 18.3 Å². The Labute approximate surface area is 91.6 Å². The molecular weight excluding hydrogens is 216 g/mol. The number of carboxylic acid groups (broad SMARTS) is 1. The van der Waals surface area contributed by atoms with Crippen molar-refractivity contribution in [3.8, 4) is 0 Å². The van der Waals surface area contributed by atoms with E-state index in [0.29, 0.717) is 19.3 Å². The minimum absolute atomic E-state index is 0.108. The molecule has 0 aromatic heterocycles. The van der Waals surface area contributed by atoms with Gasteiger partial charge in [-0.2, -0.15) is 0 Å². The van der Waals surface area contributed by atoms with E-state index in [1.165, 1.54) is 0 Å². The third kappa shape index (κ3) is 6.49. The minimum atomic E-state index is -2.95. The van der Waals surface area contributed by atoms with Crippen molar-refractivity contribution in [1.29, 1.82) is 0 Å². The predicted molar refractivity (Wildman–Crippen MR) is 59.6 cm³/mol. The summed E-state index contributed by atoms with van der Waals surface area (Å²) in [5.74, 6) is -0.956. The molecule has 1 atom stereocenters. The lowest BCUT2D eigenvalue weighted by molar-refractivity contribution is -0.142. The standard InChI is InChI=1S/C10H20O4S/c1-3-6-9(10(11)12)7-5-8-15(13,14)4-2/h9H,3-8H2,1-2H3,(H,11,12). The van der Waals surface area contributed by atoms with Crippen LogP contribution in [0.1, 0.15) is 39.5 Å². The Morgan fingerprint density at radius 2 is 1.87 bits per heavy atom. The molecule has 0 saturated carbocycles. The second-order valence-corrected chi connectivity index (χ2v) is 6.18. The molecule has 0 heterocycles. The van der Waals surface area contributed by atoms with Gasteiger partial charge in [0.15, 0.2) is 0 Å². The molecule has 0 spiro atoms. The summed E-state index contributed by atoms with van der Waals surface area (Å²) in [4.78, 5) is 10.8. The van der Waals surface area contributed by atoms with Gasteiger partial charge in [-0.25, -0.2) is 8.42 Å². The molecule has 0 amide bonds. The van der Waals surface area contributed by atoms with Crippen LogP contribution in [0.3, 0.4) is 0 Å². The van der Waals surface area contributed by atoms with Crippen molar-refractivity contribution in [2.24, 2.45) is 5.92 Å². The fourth-order valence-corrected chi connectivity index (χ4v) is 2.33. The molecule has 0 aliphatic rings. The van der Waals surface area contributed by atoms with Crippen molar-refractivity contribution in [1.82, 2.24) is 0 Å². The number of carbonyl (C=O) groups is 1. The van der Waals surface area contributed by atoms with Gasteiger partial charge in [-0.05, 0) is 19.3 Å². The summed E-state index contributed by atoms with van der Waals surface area (Å²) >= 11 is 0. The Bertz CT molecular complexity index is 282. The molecule has 0 aliphatic carbocycles. The smallest absolute Gasteiger partial charge is 0.306 e. The summed E-state index contributed by atoms with van der Waals surface area (Å²) in [6, 6.07) is 0. The molecule has 0 rings (SSSR count). The zero-order valence-corrected chi connectivity index (χ0v) is 10.2. The summed E-state index contributed by atoms with van der Waals surface area (Å²) in [6.45, 7) is 3.54. The first-order chi connectivity index (χ1) is 6.93. The van der Waals surface area contributed by atoms with Crippen LogP contribution in [0.5, 0.6) is 0 Å². The summed E-state index contributed by atoms with van der Waals surface area (Å²) in [6.07, 6.45) is 2.36. The lowest BCUT2D eigenvalue weighted by atomic mass is 9.99. The van der Waals surface area contributed by atoms with E-state index in [2.05, 4.69) is 0 Å². The van der Waals surface area contributed by atoms with E-state index in [0.717, 1.165) is 6.42 Å². The van der Waals surface area contributed by atoms with Gasteiger partial charge in [0.05, 0.1) is 11.7 Å². The Hall–Kier alpha value is -0.580. The number of rotatable bonds is 8. The molecule has 0 fully saturated rings.